The molecule has 2 aromatic carbocycles. The number of rotatable bonds is 6. The smallest absolute Gasteiger partial charge is 0.258 e. The van der Waals surface area contributed by atoms with Crippen LogP contribution in [0.2, 0.25) is 0 Å². The van der Waals surface area contributed by atoms with E-state index in [4.69, 9.17) is 0 Å². The van der Waals surface area contributed by atoms with Gasteiger partial charge in [-0.3, -0.25) is 9.59 Å². The molecule has 3 rings (SSSR count). The molecular formula is C21H22FN3O2. The van der Waals surface area contributed by atoms with Crippen LogP contribution in [0, 0.1) is 5.82 Å². The van der Waals surface area contributed by atoms with Crippen LogP contribution in [0.4, 0.5) is 4.39 Å². The first kappa shape index (κ1) is 18.8. The van der Waals surface area contributed by atoms with Crippen LogP contribution in [0.1, 0.15) is 31.7 Å². The second kappa shape index (κ2) is 8.12. The van der Waals surface area contributed by atoms with Gasteiger partial charge in [0.25, 0.3) is 5.56 Å². The maximum absolute atomic E-state index is 13.8. The van der Waals surface area contributed by atoms with Crippen molar-refractivity contribution in [3.63, 3.8) is 0 Å². The molecule has 1 heterocycles. The van der Waals surface area contributed by atoms with Crippen LogP contribution in [-0.4, -0.2) is 26.8 Å². The van der Waals surface area contributed by atoms with Crippen molar-refractivity contribution in [2.45, 2.75) is 39.3 Å². The normalized spacial score (nSPS) is 11.1. The van der Waals surface area contributed by atoms with Gasteiger partial charge in [-0.2, -0.15) is 0 Å². The minimum atomic E-state index is -0.304. The highest BCUT2D eigenvalue weighted by atomic mass is 19.1. The highest BCUT2D eigenvalue weighted by Gasteiger charge is 2.19. The molecule has 1 amide bonds. The molecular weight excluding hydrogens is 345 g/mol. The van der Waals surface area contributed by atoms with Crippen LogP contribution >= 0.6 is 0 Å². The number of nitrogens with one attached hydrogen (secondary N) is 1. The van der Waals surface area contributed by atoms with Gasteiger partial charge in [-0.1, -0.05) is 30.3 Å². The molecule has 0 bridgehead atoms. The molecule has 0 aliphatic heterocycles. The number of aryl methyl sites for hydroxylation is 1. The predicted molar refractivity (Wildman–Crippen MR) is 103 cm³/mol. The number of H-pyrrole nitrogens is 1. The van der Waals surface area contributed by atoms with Crippen molar-refractivity contribution in [1.82, 2.24) is 14.9 Å². The lowest BCUT2D eigenvalue weighted by Crippen LogP contribution is -2.37. The number of carbonyl (C=O) groups excluding carboxylic acids is 1. The topological polar surface area (TPSA) is 66.1 Å². The SMILES string of the molecule is CC(C)N(Cc1nc2ccccc2c(=O)[nH]1)C(=O)CCc1ccccc1F. The number of aromatic amines is 1. The number of hydrogen-bond acceptors (Lipinski definition) is 3. The zero-order valence-corrected chi connectivity index (χ0v) is 15.4. The Hall–Kier alpha value is -3.02. The third kappa shape index (κ3) is 4.39. The molecule has 5 nitrogen and oxygen atoms in total. The predicted octanol–water partition coefficient (Wildman–Crippen LogP) is 3.43. The Balaban J connectivity index is 1.76. The second-order valence-corrected chi connectivity index (χ2v) is 6.74. The van der Waals surface area contributed by atoms with Crippen molar-refractivity contribution in [3.8, 4) is 0 Å². The lowest BCUT2D eigenvalue weighted by atomic mass is 10.1. The first-order valence-electron chi connectivity index (χ1n) is 8.96. The van der Waals surface area contributed by atoms with E-state index in [0.29, 0.717) is 28.7 Å². The van der Waals surface area contributed by atoms with Crippen LogP contribution < -0.4 is 5.56 Å². The van der Waals surface area contributed by atoms with Gasteiger partial charge in [0.2, 0.25) is 5.91 Å². The van der Waals surface area contributed by atoms with Crippen molar-refractivity contribution in [2.75, 3.05) is 0 Å². The summed E-state index contributed by atoms with van der Waals surface area (Å²) < 4.78 is 13.8. The van der Waals surface area contributed by atoms with Crippen LogP contribution in [-0.2, 0) is 17.8 Å². The summed E-state index contributed by atoms with van der Waals surface area (Å²) in [7, 11) is 0. The lowest BCUT2D eigenvalue weighted by molar-refractivity contribution is -0.133. The summed E-state index contributed by atoms with van der Waals surface area (Å²) in [6.45, 7) is 4.01. The molecule has 0 unspecified atom stereocenters. The van der Waals surface area contributed by atoms with E-state index in [1.807, 2.05) is 19.9 Å². The Kier molecular flexibility index (Phi) is 5.64. The number of hydrogen-bond donors (Lipinski definition) is 1. The molecule has 27 heavy (non-hydrogen) atoms. The number of halogens is 1. The fraction of sp³-hybridized carbons (Fsp3) is 0.286. The fourth-order valence-electron chi connectivity index (χ4n) is 3.02. The minimum Gasteiger partial charge on any atom is -0.333 e. The first-order chi connectivity index (χ1) is 13.0. The van der Waals surface area contributed by atoms with E-state index in [2.05, 4.69) is 9.97 Å². The monoisotopic (exact) mass is 367 g/mol. The average molecular weight is 367 g/mol. The Bertz CT molecular complexity index is 1010. The number of aromatic nitrogens is 2. The molecule has 0 aliphatic carbocycles. The van der Waals surface area contributed by atoms with Gasteiger partial charge in [-0.15, -0.1) is 0 Å². The van der Waals surface area contributed by atoms with Gasteiger partial charge in [0.05, 0.1) is 17.4 Å². The maximum Gasteiger partial charge on any atom is 0.258 e. The first-order valence-corrected chi connectivity index (χ1v) is 8.96. The molecule has 0 spiro atoms. The Labute approximate surface area is 156 Å². The van der Waals surface area contributed by atoms with E-state index >= 15 is 0 Å². The van der Waals surface area contributed by atoms with Crippen LogP contribution in [0.3, 0.4) is 0 Å². The third-order valence-electron chi connectivity index (χ3n) is 4.49. The lowest BCUT2D eigenvalue weighted by Gasteiger charge is -2.26. The van der Waals surface area contributed by atoms with Crippen molar-refractivity contribution in [1.29, 1.82) is 0 Å². The summed E-state index contributed by atoms with van der Waals surface area (Å²) in [5, 5.41) is 0.517. The molecule has 0 aliphatic rings. The standard InChI is InChI=1S/C21H22FN3O2/c1-14(2)25(20(26)12-11-15-7-3-5-9-17(15)22)13-19-23-18-10-6-4-8-16(18)21(27)24-19/h3-10,14H,11-13H2,1-2H3,(H,23,24,27). The van der Waals surface area contributed by atoms with E-state index in [0.717, 1.165) is 0 Å². The van der Waals surface area contributed by atoms with Gasteiger partial charge >= 0.3 is 0 Å². The molecule has 0 fully saturated rings. The van der Waals surface area contributed by atoms with Crippen LogP contribution in [0.15, 0.2) is 53.3 Å². The fourth-order valence-corrected chi connectivity index (χ4v) is 3.02. The molecule has 0 saturated carbocycles. The molecule has 1 N–H and O–H groups in total. The van der Waals surface area contributed by atoms with Crippen molar-refractivity contribution < 1.29 is 9.18 Å². The summed E-state index contributed by atoms with van der Waals surface area (Å²) in [5.74, 6) is 0.0256. The summed E-state index contributed by atoms with van der Waals surface area (Å²) >= 11 is 0. The van der Waals surface area contributed by atoms with Crippen molar-refractivity contribution >= 4 is 16.8 Å². The van der Waals surface area contributed by atoms with Crippen LogP contribution in [0.5, 0.6) is 0 Å². The largest absolute Gasteiger partial charge is 0.333 e. The maximum atomic E-state index is 13.8. The quantitative estimate of drug-likeness (QED) is 0.726. The number of para-hydroxylation sites is 1. The third-order valence-corrected chi connectivity index (χ3v) is 4.49. The Morgan fingerprint density at radius 3 is 2.59 bits per heavy atom. The van der Waals surface area contributed by atoms with E-state index in [9.17, 15) is 14.0 Å². The van der Waals surface area contributed by atoms with Gasteiger partial charge in [0.15, 0.2) is 0 Å². The molecule has 0 saturated heterocycles. The zero-order chi connectivity index (χ0) is 19.4. The molecule has 1 aromatic heterocycles. The molecule has 6 heteroatoms. The van der Waals surface area contributed by atoms with E-state index < -0.39 is 0 Å². The van der Waals surface area contributed by atoms with Gasteiger partial charge in [-0.25, -0.2) is 9.37 Å². The highest BCUT2D eigenvalue weighted by Crippen LogP contribution is 2.13. The average Bonchev–Trinajstić information content (AvgIpc) is 2.65. The van der Waals surface area contributed by atoms with Gasteiger partial charge in [-0.05, 0) is 44.0 Å². The van der Waals surface area contributed by atoms with E-state index in [1.165, 1.54) is 6.07 Å². The molecule has 140 valence electrons. The minimum absolute atomic E-state index is 0.0742. The Morgan fingerprint density at radius 2 is 1.85 bits per heavy atom. The van der Waals surface area contributed by atoms with Gasteiger partial charge in [0.1, 0.15) is 11.6 Å². The summed E-state index contributed by atoms with van der Waals surface area (Å²) in [6.07, 6.45) is 0.521. The van der Waals surface area contributed by atoms with Gasteiger partial charge in [0, 0.05) is 12.5 Å². The van der Waals surface area contributed by atoms with E-state index in [1.54, 1.807) is 41.3 Å². The number of amides is 1. The highest BCUT2D eigenvalue weighted by molar-refractivity contribution is 5.78. The zero-order valence-electron chi connectivity index (χ0n) is 15.4. The number of carbonyl (C=O) groups is 1. The molecule has 0 radical (unpaired) electrons. The Morgan fingerprint density at radius 1 is 1.15 bits per heavy atom. The molecule has 0 atom stereocenters. The number of nitrogens with zero attached hydrogens (tertiary/aromatic N) is 2. The summed E-state index contributed by atoms with van der Waals surface area (Å²) in [6, 6.07) is 13.5. The summed E-state index contributed by atoms with van der Waals surface area (Å²) in [4.78, 5) is 33.8. The van der Waals surface area contributed by atoms with Crippen molar-refractivity contribution in [2.24, 2.45) is 0 Å². The van der Waals surface area contributed by atoms with Crippen LogP contribution in [0.25, 0.3) is 10.9 Å². The molecule has 3 aromatic rings. The number of benzene rings is 2. The number of fused-ring (bicyclic) bond motifs is 1. The summed E-state index contributed by atoms with van der Waals surface area (Å²) in [5.41, 5.74) is 0.892. The van der Waals surface area contributed by atoms with Crippen molar-refractivity contribution in [3.05, 3.63) is 76.1 Å². The van der Waals surface area contributed by atoms with E-state index in [-0.39, 0.29) is 36.3 Å². The second-order valence-electron chi connectivity index (χ2n) is 6.74. The van der Waals surface area contributed by atoms with Gasteiger partial charge < -0.3 is 9.88 Å².